The molecular weight excluding hydrogens is 516 g/mol. The third-order valence-corrected chi connectivity index (χ3v) is 7.27. The molecule has 0 unspecified atom stereocenters. The fraction of sp³-hybridized carbons (Fsp3) is 0.147. The van der Waals surface area contributed by atoms with Crippen molar-refractivity contribution in [2.24, 2.45) is 0 Å². The van der Waals surface area contributed by atoms with Crippen molar-refractivity contribution in [3.8, 4) is 33.9 Å². The summed E-state index contributed by atoms with van der Waals surface area (Å²) >= 11 is 0. The van der Waals surface area contributed by atoms with Gasteiger partial charge in [0.1, 0.15) is 29.1 Å². The van der Waals surface area contributed by atoms with Gasteiger partial charge in [-0.3, -0.25) is 14.6 Å². The monoisotopic (exact) mass is 544 g/mol. The number of nitrogens with zero attached hydrogens (tertiary/aromatic N) is 1. The Morgan fingerprint density at radius 1 is 1.00 bits per heavy atom. The van der Waals surface area contributed by atoms with E-state index in [0.29, 0.717) is 40.4 Å². The molecular formula is C34H28N2O5. The minimum Gasteiger partial charge on any atom is -0.507 e. The summed E-state index contributed by atoms with van der Waals surface area (Å²) in [6, 6.07) is 21.9. The van der Waals surface area contributed by atoms with E-state index >= 15 is 0 Å². The number of anilines is 1. The van der Waals surface area contributed by atoms with E-state index in [1.54, 1.807) is 25.1 Å². The largest absolute Gasteiger partial charge is 0.507 e. The molecule has 0 fully saturated rings. The van der Waals surface area contributed by atoms with Gasteiger partial charge in [-0.25, -0.2) is 0 Å². The number of aryl methyl sites for hydroxylation is 2. The third kappa shape index (κ3) is 4.76. The number of phenols is 1. The lowest BCUT2D eigenvalue weighted by Crippen LogP contribution is -2.07. The molecule has 0 saturated carbocycles. The van der Waals surface area contributed by atoms with Crippen LogP contribution in [0.25, 0.3) is 44.3 Å². The molecule has 1 aromatic heterocycles. The Balaban J connectivity index is 1.55. The lowest BCUT2D eigenvalue weighted by molar-refractivity contribution is 0.112. The summed E-state index contributed by atoms with van der Waals surface area (Å²) in [7, 11) is 0. The highest BCUT2D eigenvalue weighted by atomic mass is 16.5. The number of phenolic OH excluding ortho intramolecular Hbond substituents is 1. The van der Waals surface area contributed by atoms with Crippen molar-refractivity contribution in [1.29, 1.82) is 0 Å². The molecule has 2 N–H and O–H groups in total. The van der Waals surface area contributed by atoms with Crippen molar-refractivity contribution in [1.82, 2.24) is 4.98 Å². The molecule has 0 spiro atoms. The van der Waals surface area contributed by atoms with Crippen LogP contribution in [0.1, 0.15) is 34.1 Å². The number of ether oxygens (including phenoxy) is 1. The minimum absolute atomic E-state index is 0.0548. The van der Waals surface area contributed by atoms with E-state index in [0.717, 1.165) is 50.6 Å². The number of nitrogens with one attached hydrogen (secondary N) is 1. The van der Waals surface area contributed by atoms with Crippen LogP contribution in [-0.4, -0.2) is 23.0 Å². The first-order chi connectivity index (χ1) is 19.9. The second kappa shape index (κ2) is 10.4. The molecule has 3 aromatic carbocycles. The molecule has 4 aromatic rings. The van der Waals surface area contributed by atoms with Crippen molar-refractivity contribution in [2.75, 3.05) is 11.9 Å². The summed E-state index contributed by atoms with van der Waals surface area (Å²) in [5.41, 5.74) is 6.93. The molecule has 204 valence electrons. The Morgan fingerprint density at radius 2 is 1.80 bits per heavy atom. The maximum Gasteiger partial charge on any atom is 0.185 e. The van der Waals surface area contributed by atoms with Crippen molar-refractivity contribution in [3.63, 3.8) is 0 Å². The van der Waals surface area contributed by atoms with Gasteiger partial charge in [-0.1, -0.05) is 30.3 Å². The van der Waals surface area contributed by atoms with E-state index in [1.165, 1.54) is 6.07 Å². The lowest BCUT2D eigenvalue weighted by atomic mass is 9.91. The first-order valence-corrected chi connectivity index (χ1v) is 13.4. The number of carbonyl (C=O) groups excluding carboxylic acids is 1. The van der Waals surface area contributed by atoms with Crippen LogP contribution < -0.4 is 15.5 Å². The van der Waals surface area contributed by atoms with E-state index < -0.39 is 0 Å². The quantitative estimate of drug-likeness (QED) is 0.161. The SMILES string of the molecule is CCOc1cc(NCc2c(O)ccc3c(-c4ccc(C=O)cc4)c4cc(C)c(=O)cc-4oc23)c2nc(C)ccc2c1. The number of hydrogen-bond acceptors (Lipinski definition) is 7. The average Bonchev–Trinajstić information content (AvgIpc) is 2.97. The molecule has 7 nitrogen and oxygen atoms in total. The number of aromatic hydroxyl groups is 1. The van der Waals surface area contributed by atoms with Gasteiger partial charge in [0.15, 0.2) is 5.43 Å². The smallest absolute Gasteiger partial charge is 0.185 e. The molecule has 2 aliphatic rings. The van der Waals surface area contributed by atoms with Crippen LogP contribution in [0.2, 0.25) is 0 Å². The van der Waals surface area contributed by atoms with E-state index in [9.17, 15) is 14.7 Å². The molecule has 0 bridgehead atoms. The van der Waals surface area contributed by atoms with Crippen molar-refractivity contribution in [3.05, 3.63) is 105 Å². The first kappa shape index (κ1) is 26.1. The van der Waals surface area contributed by atoms with Crippen molar-refractivity contribution >= 4 is 33.8 Å². The normalized spacial score (nSPS) is 11.3. The average molecular weight is 545 g/mol. The van der Waals surface area contributed by atoms with E-state index in [-0.39, 0.29) is 17.7 Å². The number of carbonyl (C=O) groups is 1. The molecule has 7 heteroatoms. The fourth-order valence-electron chi connectivity index (χ4n) is 5.22. The highest BCUT2D eigenvalue weighted by Crippen LogP contribution is 2.43. The molecule has 0 amide bonds. The van der Waals surface area contributed by atoms with Gasteiger partial charge >= 0.3 is 0 Å². The summed E-state index contributed by atoms with van der Waals surface area (Å²) in [6.07, 6.45) is 0.802. The van der Waals surface area contributed by atoms with Crippen LogP contribution in [0.4, 0.5) is 5.69 Å². The zero-order valence-corrected chi connectivity index (χ0v) is 22.9. The number of hydrogen-bond donors (Lipinski definition) is 2. The van der Waals surface area contributed by atoms with Gasteiger partial charge in [0.25, 0.3) is 0 Å². The van der Waals surface area contributed by atoms with Crippen LogP contribution in [0.5, 0.6) is 11.5 Å². The Kier molecular flexibility index (Phi) is 6.63. The molecule has 41 heavy (non-hydrogen) atoms. The summed E-state index contributed by atoms with van der Waals surface area (Å²) in [5.74, 6) is 1.18. The summed E-state index contributed by atoms with van der Waals surface area (Å²) < 4.78 is 12.2. The summed E-state index contributed by atoms with van der Waals surface area (Å²) in [5, 5.41) is 16.2. The predicted octanol–water partition coefficient (Wildman–Crippen LogP) is 7.26. The number of rotatable bonds is 7. The topological polar surface area (TPSA) is 102 Å². The van der Waals surface area contributed by atoms with Gasteiger partial charge < -0.3 is 19.6 Å². The van der Waals surface area contributed by atoms with Crippen LogP contribution in [0, 0.1) is 13.8 Å². The van der Waals surface area contributed by atoms with Gasteiger partial charge in [0.2, 0.25) is 0 Å². The fourth-order valence-corrected chi connectivity index (χ4v) is 5.22. The second-order valence-electron chi connectivity index (χ2n) is 10.1. The highest BCUT2D eigenvalue weighted by Gasteiger charge is 2.22. The van der Waals surface area contributed by atoms with E-state index in [1.807, 2.05) is 62.4 Å². The van der Waals surface area contributed by atoms with Crippen LogP contribution >= 0.6 is 0 Å². The van der Waals surface area contributed by atoms with Gasteiger partial charge in [-0.05, 0) is 62.2 Å². The predicted molar refractivity (Wildman–Crippen MR) is 161 cm³/mol. The molecule has 0 radical (unpaired) electrons. The Hall–Kier alpha value is -5.17. The van der Waals surface area contributed by atoms with Crippen molar-refractivity contribution in [2.45, 2.75) is 27.3 Å². The van der Waals surface area contributed by atoms with Crippen LogP contribution in [0.3, 0.4) is 0 Å². The van der Waals surface area contributed by atoms with Gasteiger partial charge in [-0.15, -0.1) is 0 Å². The number of fused-ring (bicyclic) bond motifs is 3. The lowest BCUT2D eigenvalue weighted by Gasteiger charge is -2.19. The number of aromatic nitrogens is 1. The van der Waals surface area contributed by atoms with Gasteiger partial charge in [0, 0.05) is 51.8 Å². The second-order valence-corrected chi connectivity index (χ2v) is 10.1. The highest BCUT2D eigenvalue weighted by molar-refractivity contribution is 6.04. The Labute approximate surface area is 236 Å². The molecule has 0 saturated heterocycles. The molecule has 1 aliphatic heterocycles. The third-order valence-electron chi connectivity index (χ3n) is 7.27. The molecule has 2 heterocycles. The maximum absolute atomic E-state index is 12.6. The molecule has 0 atom stereocenters. The first-order valence-electron chi connectivity index (χ1n) is 13.4. The van der Waals surface area contributed by atoms with E-state index in [2.05, 4.69) is 5.32 Å². The van der Waals surface area contributed by atoms with Gasteiger partial charge in [0.05, 0.1) is 23.4 Å². The number of aldehydes is 1. The van der Waals surface area contributed by atoms with Crippen LogP contribution in [-0.2, 0) is 6.54 Å². The standard InChI is InChI=1S/C34H28N2O5/c1-4-40-24-14-23-8-5-20(3)36-33(23)28(15-24)35-17-27-29(38)12-11-25-32(22-9-6-21(18-37)7-10-22)26-13-19(2)30(39)16-31(26)41-34(25)27/h5-16,18,35,38H,4,17H2,1-3H3. The molecule has 6 rings (SSSR count). The summed E-state index contributed by atoms with van der Waals surface area (Å²) in [6.45, 7) is 6.39. The molecule has 1 aliphatic carbocycles. The minimum atomic E-state index is -0.136. The van der Waals surface area contributed by atoms with Gasteiger partial charge in [-0.2, -0.15) is 0 Å². The Morgan fingerprint density at radius 3 is 2.56 bits per heavy atom. The van der Waals surface area contributed by atoms with E-state index in [4.69, 9.17) is 14.1 Å². The number of pyridine rings is 1. The summed E-state index contributed by atoms with van der Waals surface area (Å²) in [4.78, 5) is 28.7. The Bertz CT molecular complexity index is 1980. The van der Waals surface area contributed by atoms with Crippen LogP contribution in [0.15, 0.2) is 82.0 Å². The van der Waals surface area contributed by atoms with Crippen molar-refractivity contribution < 1.29 is 19.1 Å². The zero-order valence-electron chi connectivity index (χ0n) is 22.9. The number of benzene rings is 4. The zero-order chi connectivity index (χ0) is 28.7. The maximum atomic E-state index is 12.6.